The number of para-hydroxylation sites is 1. The maximum Gasteiger partial charge on any atom is 0.237 e. The van der Waals surface area contributed by atoms with Gasteiger partial charge in [-0.2, -0.15) is 0 Å². The van der Waals surface area contributed by atoms with Gasteiger partial charge < -0.3 is 11.2 Å². The molecular formula is C17H14F3N5OS. The van der Waals surface area contributed by atoms with Gasteiger partial charge in [-0.1, -0.05) is 17.8 Å². The van der Waals surface area contributed by atoms with Gasteiger partial charge in [0.25, 0.3) is 0 Å². The van der Waals surface area contributed by atoms with Crippen molar-refractivity contribution in [2.75, 3.05) is 11.2 Å². The Kier molecular flexibility index (Phi) is 5.36. The molecule has 0 spiro atoms. The van der Waals surface area contributed by atoms with Crippen LogP contribution >= 0.6 is 11.8 Å². The molecule has 3 N–H and O–H groups in total. The summed E-state index contributed by atoms with van der Waals surface area (Å²) in [5.74, 6) is 3.45. The molecule has 0 aliphatic heterocycles. The van der Waals surface area contributed by atoms with Crippen LogP contribution in [0.2, 0.25) is 0 Å². The van der Waals surface area contributed by atoms with Crippen molar-refractivity contribution >= 4 is 23.4 Å². The molecule has 1 amide bonds. The third-order valence-electron chi connectivity index (χ3n) is 3.63. The molecule has 27 heavy (non-hydrogen) atoms. The molecule has 3 aromatic rings. The maximum atomic E-state index is 13.6. The second kappa shape index (κ2) is 7.70. The molecule has 0 aliphatic rings. The van der Waals surface area contributed by atoms with Crippen LogP contribution < -0.4 is 11.2 Å². The van der Waals surface area contributed by atoms with Gasteiger partial charge in [0.05, 0.1) is 5.25 Å². The molecule has 10 heteroatoms. The number of halogens is 3. The third-order valence-corrected chi connectivity index (χ3v) is 4.69. The number of nitrogens with two attached hydrogens (primary N) is 1. The highest BCUT2D eigenvalue weighted by Crippen LogP contribution is 2.26. The fourth-order valence-corrected chi connectivity index (χ4v) is 2.98. The van der Waals surface area contributed by atoms with Gasteiger partial charge in [0.2, 0.25) is 11.1 Å². The predicted molar refractivity (Wildman–Crippen MR) is 95.9 cm³/mol. The van der Waals surface area contributed by atoms with Crippen molar-refractivity contribution in [2.24, 2.45) is 0 Å². The van der Waals surface area contributed by atoms with Crippen molar-refractivity contribution in [3.05, 3.63) is 59.9 Å². The van der Waals surface area contributed by atoms with Crippen molar-refractivity contribution in [1.82, 2.24) is 14.9 Å². The topological polar surface area (TPSA) is 85.8 Å². The van der Waals surface area contributed by atoms with Crippen molar-refractivity contribution in [2.45, 2.75) is 17.3 Å². The van der Waals surface area contributed by atoms with Crippen LogP contribution in [-0.4, -0.2) is 26.0 Å². The largest absolute Gasteiger partial charge is 0.335 e. The highest BCUT2D eigenvalue weighted by Gasteiger charge is 2.22. The lowest BCUT2D eigenvalue weighted by Gasteiger charge is -2.12. The monoisotopic (exact) mass is 393 g/mol. The van der Waals surface area contributed by atoms with Gasteiger partial charge in [-0.05, 0) is 43.3 Å². The van der Waals surface area contributed by atoms with Gasteiger partial charge in [-0.15, -0.1) is 10.2 Å². The van der Waals surface area contributed by atoms with Crippen molar-refractivity contribution in [3.8, 4) is 11.4 Å². The molecule has 0 fully saturated rings. The summed E-state index contributed by atoms with van der Waals surface area (Å²) in [6.45, 7) is 1.53. The van der Waals surface area contributed by atoms with Crippen LogP contribution in [0.4, 0.5) is 18.9 Å². The number of nitrogens with one attached hydrogen (secondary N) is 1. The number of hydrogen-bond acceptors (Lipinski definition) is 5. The van der Waals surface area contributed by atoms with Crippen LogP contribution in [0.15, 0.2) is 47.6 Å². The first-order valence-corrected chi connectivity index (χ1v) is 8.62. The second-order valence-corrected chi connectivity index (χ2v) is 6.84. The van der Waals surface area contributed by atoms with E-state index in [1.54, 1.807) is 0 Å². The molecule has 6 nitrogen and oxygen atoms in total. The Hall–Kier alpha value is -3.01. The summed E-state index contributed by atoms with van der Waals surface area (Å²) in [5, 5.41) is 9.50. The van der Waals surface area contributed by atoms with E-state index in [1.165, 1.54) is 37.3 Å². The van der Waals surface area contributed by atoms with Crippen molar-refractivity contribution in [3.63, 3.8) is 0 Å². The van der Waals surface area contributed by atoms with Crippen LogP contribution in [-0.2, 0) is 4.79 Å². The van der Waals surface area contributed by atoms with Crippen LogP contribution in [0, 0.1) is 17.5 Å². The van der Waals surface area contributed by atoms with E-state index in [0.29, 0.717) is 5.56 Å². The van der Waals surface area contributed by atoms with E-state index in [1.807, 2.05) is 0 Å². The summed E-state index contributed by atoms with van der Waals surface area (Å²) in [4.78, 5) is 12.2. The van der Waals surface area contributed by atoms with Gasteiger partial charge in [-0.3, -0.25) is 4.79 Å². The van der Waals surface area contributed by atoms with Gasteiger partial charge in [-0.25, -0.2) is 17.8 Å². The van der Waals surface area contributed by atoms with E-state index in [2.05, 4.69) is 15.5 Å². The number of aromatic nitrogens is 3. The number of anilines is 1. The fourth-order valence-electron chi connectivity index (χ4n) is 2.21. The number of thioether (sulfide) groups is 1. The van der Waals surface area contributed by atoms with E-state index < -0.39 is 34.3 Å². The van der Waals surface area contributed by atoms with E-state index >= 15 is 0 Å². The maximum absolute atomic E-state index is 13.6. The Morgan fingerprint density at radius 1 is 1.11 bits per heavy atom. The number of carbonyl (C=O) groups excluding carboxylic acids is 1. The minimum atomic E-state index is -0.874. The summed E-state index contributed by atoms with van der Waals surface area (Å²) in [6, 6.07) is 8.80. The highest BCUT2D eigenvalue weighted by molar-refractivity contribution is 8.00. The Morgan fingerprint density at radius 2 is 1.74 bits per heavy atom. The van der Waals surface area contributed by atoms with E-state index in [-0.39, 0.29) is 11.0 Å². The number of nitrogens with zero attached hydrogens (tertiary/aromatic N) is 3. The van der Waals surface area contributed by atoms with Gasteiger partial charge >= 0.3 is 0 Å². The lowest BCUT2D eigenvalue weighted by atomic mass is 10.2. The number of amides is 1. The molecule has 1 aromatic heterocycles. The molecule has 1 atom stereocenters. The third kappa shape index (κ3) is 4.05. The lowest BCUT2D eigenvalue weighted by molar-refractivity contribution is -0.115. The molecule has 0 radical (unpaired) electrons. The zero-order valence-electron chi connectivity index (χ0n) is 14.0. The van der Waals surface area contributed by atoms with Crippen LogP contribution in [0.1, 0.15) is 6.92 Å². The molecule has 3 rings (SSSR count). The summed E-state index contributed by atoms with van der Waals surface area (Å²) in [7, 11) is 0. The molecule has 0 aliphatic carbocycles. The summed E-state index contributed by atoms with van der Waals surface area (Å²) >= 11 is 0.961. The lowest BCUT2D eigenvalue weighted by Crippen LogP contribution is -2.24. The van der Waals surface area contributed by atoms with E-state index in [4.69, 9.17) is 5.84 Å². The number of rotatable bonds is 5. The van der Waals surface area contributed by atoms with E-state index in [9.17, 15) is 18.0 Å². The smallest absolute Gasteiger partial charge is 0.237 e. The SMILES string of the molecule is CC(Sc1nnc(-c2ccc(F)cc2)n1N)C(=O)Nc1c(F)cccc1F. The standard InChI is InChI=1S/C17H14F3N5OS/c1-9(16(26)22-14-12(19)3-2-4-13(14)20)27-17-24-23-15(25(17)21)10-5-7-11(18)8-6-10/h2-9H,21H2,1H3,(H,22,26). The molecule has 0 bridgehead atoms. The molecule has 1 unspecified atom stereocenters. The Balaban J connectivity index is 1.73. The molecule has 0 saturated carbocycles. The van der Waals surface area contributed by atoms with Crippen molar-refractivity contribution < 1.29 is 18.0 Å². The van der Waals surface area contributed by atoms with Crippen molar-refractivity contribution in [1.29, 1.82) is 0 Å². The molecule has 140 valence electrons. The second-order valence-electron chi connectivity index (χ2n) is 5.53. The van der Waals surface area contributed by atoms with E-state index in [0.717, 1.165) is 28.6 Å². The summed E-state index contributed by atoms with van der Waals surface area (Å²) in [6.07, 6.45) is 0. The number of nitrogen functional groups attached to an aromatic ring is 1. The molecular weight excluding hydrogens is 379 g/mol. The molecule has 0 saturated heterocycles. The average Bonchev–Trinajstić information content (AvgIpc) is 2.99. The number of hydrogen-bond donors (Lipinski definition) is 2. The zero-order valence-corrected chi connectivity index (χ0v) is 14.8. The fraction of sp³-hybridized carbons (Fsp3) is 0.118. The Labute approximate surface area is 156 Å². The highest BCUT2D eigenvalue weighted by atomic mass is 32.2. The average molecular weight is 393 g/mol. The zero-order chi connectivity index (χ0) is 19.6. The Bertz CT molecular complexity index is 957. The first-order valence-electron chi connectivity index (χ1n) is 7.74. The van der Waals surface area contributed by atoms with Gasteiger partial charge in [0.1, 0.15) is 23.1 Å². The first kappa shape index (κ1) is 18.8. The number of benzene rings is 2. The number of carbonyl (C=O) groups is 1. The van der Waals surface area contributed by atoms with Gasteiger partial charge in [0, 0.05) is 5.56 Å². The first-order chi connectivity index (χ1) is 12.9. The van der Waals surface area contributed by atoms with Gasteiger partial charge in [0.15, 0.2) is 5.82 Å². The predicted octanol–water partition coefficient (Wildman–Crippen LogP) is 3.20. The molecule has 2 aromatic carbocycles. The van der Waals surface area contributed by atoms with Crippen LogP contribution in [0.25, 0.3) is 11.4 Å². The van der Waals surface area contributed by atoms with Crippen LogP contribution in [0.3, 0.4) is 0 Å². The summed E-state index contributed by atoms with van der Waals surface area (Å²) < 4.78 is 41.5. The summed E-state index contributed by atoms with van der Waals surface area (Å²) in [5.41, 5.74) is 0.0277. The minimum Gasteiger partial charge on any atom is -0.335 e. The van der Waals surface area contributed by atoms with Crippen LogP contribution in [0.5, 0.6) is 0 Å². The Morgan fingerprint density at radius 3 is 2.37 bits per heavy atom. The quantitative estimate of drug-likeness (QED) is 0.514. The normalized spacial score (nSPS) is 12.0. The minimum absolute atomic E-state index is 0.214. The molecule has 1 heterocycles.